The maximum Gasteiger partial charge on any atom is 0.0961 e. The van der Waals surface area contributed by atoms with Crippen LogP contribution in [0.25, 0.3) is 0 Å². The summed E-state index contributed by atoms with van der Waals surface area (Å²) in [5, 5.41) is 4.67. The minimum Gasteiger partial charge on any atom is -0.309 e. The molecule has 20 heavy (non-hydrogen) atoms. The van der Waals surface area contributed by atoms with Crippen LogP contribution < -0.4 is 5.32 Å². The third kappa shape index (κ3) is 4.93. The average Bonchev–Trinajstić information content (AvgIpc) is 2.50. The zero-order valence-electron chi connectivity index (χ0n) is 11.6. The predicted molar refractivity (Wildman–Crippen MR) is 90.1 cm³/mol. The van der Waals surface area contributed by atoms with Gasteiger partial charge in [-0.2, -0.15) is 0 Å². The Balaban J connectivity index is 1.99. The first-order chi connectivity index (χ1) is 9.79. The molecule has 2 aromatic rings. The molecule has 1 heterocycles. The van der Waals surface area contributed by atoms with Crippen LogP contribution in [0, 0.1) is 0 Å². The molecule has 4 heteroatoms. The number of nitrogens with zero attached hydrogens (tertiary/aromatic N) is 1. The lowest BCUT2D eigenvalue weighted by Gasteiger charge is -2.18. The van der Waals surface area contributed by atoms with Crippen molar-refractivity contribution in [3.63, 3.8) is 0 Å². The number of pyridine rings is 1. The number of thioether (sulfide) groups is 1. The summed E-state index contributed by atoms with van der Waals surface area (Å²) in [4.78, 5) is 4.41. The molecule has 1 aromatic heterocycles. The summed E-state index contributed by atoms with van der Waals surface area (Å²) in [7, 11) is 0. The standard InChI is InChI=1S/C16H19BrN2S/c1-2-10-18-15(13-6-4-3-5-7-13)12-20-16-9-8-14(17)11-19-16/h3-9,11,15,18H,2,10,12H2,1H3. The smallest absolute Gasteiger partial charge is 0.0961 e. The van der Waals surface area contributed by atoms with Crippen LogP contribution in [0.4, 0.5) is 0 Å². The summed E-state index contributed by atoms with van der Waals surface area (Å²) in [5.74, 6) is 0.985. The first-order valence-corrected chi connectivity index (χ1v) is 8.60. The van der Waals surface area contributed by atoms with Crippen molar-refractivity contribution in [3.8, 4) is 0 Å². The third-order valence-electron chi connectivity index (χ3n) is 2.94. The molecule has 1 atom stereocenters. The number of nitrogens with one attached hydrogen (secondary N) is 1. The van der Waals surface area contributed by atoms with Crippen LogP contribution in [-0.4, -0.2) is 17.3 Å². The molecule has 1 aromatic carbocycles. The van der Waals surface area contributed by atoms with Crippen molar-refractivity contribution in [1.82, 2.24) is 10.3 Å². The van der Waals surface area contributed by atoms with Gasteiger partial charge in [0.1, 0.15) is 0 Å². The van der Waals surface area contributed by atoms with Gasteiger partial charge in [0.2, 0.25) is 0 Å². The number of rotatable bonds is 7. The summed E-state index contributed by atoms with van der Waals surface area (Å²) >= 11 is 5.20. The third-order valence-corrected chi connectivity index (χ3v) is 4.45. The number of benzene rings is 1. The molecular weight excluding hydrogens is 332 g/mol. The normalized spacial score (nSPS) is 12.3. The highest BCUT2D eigenvalue weighted by atomic mass is 79.9. The van der Waals surface area contributed by atoms with E-state index in [0.29, 0.717) is 6.04 Å². The van der Waals surface area contributed by atoms with Crippen molar-refractivity contribution in [2.45, 2.75) is 24.4 Å². The summed E-state index contributed by atoms with van der Waals surface area (Å²) in [6.45, 7) is 3.23. The highest BCUT2D eigenvalue weighted by Gasteiger charge is 2.11. The van der Waals surface area contributed by atoms with Gasteiger partial charge in [-0.25, -0.2) is 4.98 Å². The molecule has 0 radical (unpaired) electrons. The fourth-order valence-corrected chi connectivity index (χ4v) is 3.07. The summed E-state index contributed by atoms with van der Waals surface area (Å²) in [6.07, 6.45) is 2.99. The molecule has 1 N–H and O–H groups in total. The second-order valence-electron chi connectivity index (χ2n) is 4.54. The van der Waals surface area contributed by atoms with Gasteiger partial charge >= 0.3 is 0 Å². The monoisotopic (exact) mass is 350 g/mol. The fraction of sp³-hybridized carbons (Fsp3) is 0.312. The maximum absolute atomic E-state index is 4.41. The summed E-state index contributed by atoms with van der Waals surface area (Å²) in [5.41, 5.74) is 1.34. The van der Waals surface area contributed by atoms with E-state index in [-0.39, 0.29) is 0 Å². The SMILES string of the molecule is CCCNC(CSc1ccc(Br)cn1)c1ccccc1. The maximum atomic E-state index is 4.41. The van der Waals surface area contributed by atoms with Crippen LogP contribution in [0.5, 0.6) is 0 Å². The van der Waals surface area contributed by atoms with Gasteiger partial charge in [0, 0.05) is 22.5 Å². The van der Waals surface area contributed by atoms with E-state index >= 15 is 0 Å². The van der Waals surface area contributed by atoms with E-state index in [1.807, 2.05) is 12.3 Å². The number of hydrogen-bond acceptors (Lipinski definition) is 3. The molecule has 1 unspecified atom stereocenters. The van der Waals surface area contributed by atoms with Crippen LogP contribution >= 0.6 is 27.7 Å². The minimum atomic E-state index is 0.367. The van der Waals surface area contributed by atoms with Crippen LogP contribution in [-0.2, 0) is 0 Å². The van der Waals surface area contributed by atoms with Gasteiger partial charge in [0.25, 0.3) is 0 Å². The van der Waals surface area contributed by atoms with E-state index in [9.17, 15) is 0 Å². The van der Waals surface area contributed by atoms with Gasteiger partial charge in [-0.1, -0.05) is 37.3 Å². The fourth-order valence-electron chi connectivity index (χ4n) is 1.89. The Hall–Kier alpha value is -0.840. The van der Waals surface area contributed by atoms with Crippen LogP contribution in [0.15, 0.2) is 58.2 Å². The van der Waals surface area contributed by atoms with Crippen molar-refractivity contribution in [2.75, 3.05) is 12.3 Å². The molecule has 0 saturated heterocycles. The molecule has 0 aliphatic carbocycles. The number of aromatic nitrogens is 1. The summed E-state index contributed by atoms with van der Waals surface area (Å²) < 4.78 is 1.02. The lowest BCUT2D eigenvalue weighted by atomic mass is 10.1. The van der Waals surface area contributed by atoms with Gasteiger partial charge in [-0.15, -0.1) is 11.8 Å². The lowest BCUT2D eigenvalue weighted by Crippen LogP contribution is -2.24. The molecule has 0 saturated carbocycles. The lowest BCUT2D eigenvalue weighted by molar-refractivity contribution is 0.577. The second-order valence-corrected chi connectivity index (χ2v) is 6.50. The van der Waals surface area contributed by atoms with Gasteiger partial charge in [0.05, 0.1) is 5.03 Å². The zero-order valence-corrected chi connectivity index (χ0v) is 14.0. The van der Waals surface area contributed by atoms with E-state index in [4.69, 9.17) is 0 Å². The second kappa shape index (κ2) is 8.45. The molecule has 2 rings (SSSR count). The molecule has 2 nitrogen and oxygen atoms in total. The van der Waals surface area contributed by atoms with E-state index in [2.05, 4.69) is 69.6 Å². The summed E-state index contributed by atoms with van der Waals surface area (Å²) in [6, 6.07) is 15.1. The first kappa shape index (κ1) is 15.5. The van der Waals surface area contributed by atoms with Gasteiger partial charge in [-0.3, -0.25) is 0 Å². The van der Waals surface area contributed by atoms with Crippen molar-refractivity contribution in [2.24, 2.45) is 0 Å². The van der Waals surface area contributed by atoms with Gasteiger partial charge < -0.3 is 5.32 Å². The molecule has 0 bridgehead atoms. The van der Waals surface area contributed by atoms with Crippen molar-refractivity contribution < 1.29 is 0 Å². The quantitative estimate of drug-likeness (QED) is 0.734. The minimum absolute atomic E-state index is 0.367. The Morgan fingerprint density at radius 1 is 1.20 bits per heavy atom. The number of hydrogen-bond donors (Lipinski definition) is 1. The Morgan fingerprint density at radius 2 is 2.00 bits per heavy atom. The average molecular weight is 351 g/mol. The molecule has 0 spiro atoms. The van der Waals surface area contributed by atoms with E-state index in [0.717, 1.165) is 28.2 Å². The molecule has 0 fully saturated rings. The van der Waals surface area contributed by atoms with Crippen molar-refractivity contribution in [3.05, 3.63) is 58.7 Å². The van der Waals surface area contributed by atoms with Crippen molar-refractivity contribution in [1.29, 1.82) is 0 Å². The van der Waals surface area contributed by atoms with E-state index in [1.54, 1.807) is 11.8 Å². The van der Waals surface area contributed by atoms with E-state index < -0.39 is 0 Å². The Morgan fingerprint density at radius 3 is 2.65 bits per heavy atom. The Kier molecular flexibility index (Phi) is 6.57. The first-order valence-electron chi connectivity index (χ1n) is 6.82. The van der Waals surface area contributed by atoms with Crippen LogP contribution in [0.2, 0.25) is 0 Å². The highest BCUT2D eigenvalue weighted by Crippen LogP contribution is 2.24. The molecule has 0 amide bonds. The predicted octanol–water partition coefficient (Wildman–Crippen LogP) is 4.68. The van der Waals surface area contributed by atoms with E-state index in [1.165, 1.54) is 5.56 Å². The number of halogens is 1. The topological polar surface area (TPSA) is 24.9 Å². The molecule has 0 aliphatic rings. The molecular formula is C16H19BrN2S. The molecule has 106 valence electrons. The van der Waals surface area contributed by atoms with Gasteiger partial charge in [0.15, 0.2) is 0 Å². The van der Waals surface area contributed by atoms with Crippen molar-refractivity contribution >= 4 is 27.7 Å². The molecule has 0 aliphatic heterocycles. The van der Waals surface area contributed by atoms with Gasteiger partial charge in [-0.05, 0) is 46.6 Å². The zero-order chi connectivity index (χ0) is 14.2. The largest absolute Gasteiger partial charge is 0.309 e. The highest BCUT2D eigenvalue weighted by molar-refractivity contribution is 9.10. The van der Waals surface area contributed by atoms with Crippen LogP contribution in [0.1, 0.15) is 24.9 Å². The Bertz CT molecular complexity index is 502. The Labute approximate surface area is 133 Å². The van der Waals surface area contributed by atoms with Crippen LogP contribution in [0.3, 0.4) is 0 Å².